The van der Waals surface area contributed by atoms with Crippen molar-refractivity contribution in [3.05, 3.63) is 35.1 Å². The second-order valence-electron chi connectivity index (χ2n) is 5.15. The number of benzene rings is 1. The van der Waals surface area contributed by atoms with Crippen molar-refractivity contribution < 1.29 is 9.18 Å². The minimum atomic E-state index is -0.494. The van der Waals surface area contributed by atoms with Gasteiger partial charge in [-0.1, -0.05) is 19.9 Å². The van der Waals surface area contributed by atoms with Crippen molar-refractivity contribution in [1.82, 2.24) is 10.6 Å². The van der Waals surface area contributed by atoms with Gasteiger partial charge in [0.15, 0.2) is 5.96 Å². The second kappa shape index (κ2) is 5.38. The number of carbonyl (C=O) groups excluding carboxylic acids is 1. The first kappa shape index (κ1) is 13.5. The van der Waals surface area contributed by atoms with E-state index in [4.69, 9.17) is 0 Å². The van der Waals surface area contributed by atoms with E-state index in [0.29, 0.717) is 18.4 Å². The molecule has 1 fully saturated rings. The molecular formula is C14H18FN3O. The fourth-order valence-corrected chi connectivity index (χ4v) is 1.97. The molecule has 0 bridgehead atoms. The van der Waals surface area contributed by atoms with Crippen LogP contribution in [0.2, 0.25) is 0 Å². The molecule has 102 valence electrons. The lowest BCUT2D eigenvalue weighted by Crippen LogP contribution is -2.26. The van der Waals surface area contributed by atoms with Crippen LogP contribution in [0.3, 0.4) is 0 Å². The van der Waals surface area contributed by atoms with Gasteiger partial charge in [-0.25, -0.2) is 4.39 Å². The normalized spacial score (nSPS) is 20.8. The Hall–Kier alpha value is -1.91. The summed E-state index contributed by atoms with van der Waals surface area (Å²) in [6, 6.07) is 3.92. The molecule has 1 aliphatic rings. The Morgan fingerprint density at radius 2 is 2.16 bits per heavy atom. The smallest absolute Gasteiger partial charge is 0.253 e. The fourth-order valence-electron chi connectivity index (χ4n) is 1.97. The Kier molecular flexibility index (Phi) is 3.83. The van der Waals surface area contributed by atoms with E-state index < -0.39 is 6.04 Å². The Bertz CT molecular complexity index is 525. The summed E-state index contributed by atoms with van der Waals surface area (Å²) in [6.45, 7) is 6.55. The molecule has 1 aliphatic heterocycles. The van der Waals surface area contributed by atoms with Crippen LogP contribution < -0.4 is 10.6 Å². The summed E-state index contributed by atoms with van der Waals surface area (Å²) in [7, 11) is 0. The van der Waals surface area contributed by atoms with Gasteiger partial charge in [0.2, 0.25) is 0 Å². The lowest BCUT2D eigenvalue weighted by atomic mass is 10.0. The number of carbonyl (C=O) groups is 1. The predicted octanol–water partition coefficient (Wildman–Crippen LogP) is 1.91. The standard InChI is InChI=1S/C14H18FN3O/c1-8(2)7-16-14-17-12(13(19)18-14)11-5-4-10(15)6-9(11)3/h4-6,8,12H,7H2,1-3H3,(H2,16,17,18,19). The van der Waals surface area contributed by atoms with E-state index in [1.807, 2.05) is 0 Å². The van der Waals surface area contributed by atoms with E-state index >= 15 is 0 Å². The summed E-state index contributed by atoms with van der Waals surface area (Å²) in [6.07, 6.45) is 0. The number of nitrogens with zero attached hydrogens (tertiary/aromatic N) is 1. The molecule has 4 nitrogen and oxygen atoms in total. The quantitative estimate of drug-likeness (QED) is 0.875. The van der Waals surface area contributed by atoms with E-state index in [1.54, 1.807) is 13.0 Å². The highest BCUT2D eigenvalue weighted by molar-refractivity contribution is 6.06. The van der Waals surface area contributed by atoms with Gasteiger partial charge in [-0.3, -0.25) is 15.1 Å². The van der Waals surface area contributed by atoms with Crippen molar-refractivity contribution in [2.24, 2.45) is 10.9 Å². The fraction of sp³-hybridized carbons (Fsp3) is 0.429. The lowest BCUT2D eigenvalue weighted by Gasteiger charge is -2.11. The van der Waals surface area contributed by atoms with Gasteiger partial charge in [0, 0.05) is 6.54 Å². The zero-order chi connectivity index (χ0) is 14.0. The number of aliphatic imine (C=N–C) groups is 1. The Balaban J connectivity index is 2.18. The van der Waals surface area contributed by atoms with Crippen LogP contribution in [0.4, 0.5) is 4.39 Å². The van der Waals surface area contributed by atoms with Gasteiger partial charge >= 0.3 is 0 Å². The van der Waals surface area contributed by atoms with Crippen LogP contribution in [-0.4, -0.2) is 18.4 Å². The number of nitrogens with one attached hydrogen (secondary N) is 2. The van der Waals surface area contributed by atoms with Crippen molar-refractivity contribution >= 4 is 11.9 Å². The molecule has 1 aromatic carbocycles. The first-order valence-electron chi connectivity index (χ1n) is 6.35. The SMILES string of the molecule is Cc1cc(F)ccc1C1NC(=NCC(C)C)NC1=O. The Morgan fingerprint density at radius 3 is 2.79 bits per heavy atom. The van der Waals surface area contributed by atoms with Crippen LogP contribution in [0.25, 0.3) is 0 Å². The maximum atomic E-state index is 13.1. The highest BCUT2D eigenvalue weighted by Crippen LogP contribution is 2.21. The number of guanidine groups is 1. The van der Waals surface area contributed by atoms with Crippen molar-refractivity contribution in [3.8, 4) is 0 Å². The van der Waals surface area contributed by atoms with E-state index in [-0.39, 0.29) is 11.7 Å². The van der Waals surface area contributed by atoms with E-state index in [0.717, 1.165) is 11.1 Å². The zero-order valence-electron chi connectivity index (χ0n) is 11.3. The largest absolute Gasteiger partial charge is 0.340 e. The average molecular weight is 263 g/mol. The first-order chi connectivity index (χ1) is 8.97. The molecule has 5 heteroatoms. The summed E-state index contributed by atoms with van der Waals surface area (Å²) in [4.78, 5) is 16.2. The molecule has 1 atom stereocenters. The molecule has 0 aliphatic carbocycles. The lowest BCUT2D eigenvalue weighted by molar-refractivity contribution is -0.120. The molecule has 1 unspecified atom stereocenters. The van der Waals surface area contributed by atoms with Crippen molar-refractivity contribution in [3.63, 3.8) is 0 Å². The number of rotatable bonds is 3. The molecule has 1 heterocycles. The molecular weight excluding hydrogens is 245 g/mol. The molecule has 0 saturated carbocycles. The molecule has 1 aromatic rings. The topological polar surface area (TPSA) is 53.5 Å². The second-order valence-corrected chi connectivity index (χ2v) is 5.15. The zero-order valence-corrected chi connectivity index (χ0v) is 11.3. The molecule has 0 spiro atoms. The van der Waals surface area contributed by atoms with Crippen LogP contribution in [0, 0.1) is 18.7 Å². The highest BCUT2D eigenvalue weighted by atomic mass is 19.1. The Labute approximate surface area is 112 Å². The predicted molar refractivity (Wildman–Crippen MR) is 72.3 cm³/mol. The van der Waals surface area contributed by atoms with Gasteiger partial charge in [0.05, 0.1) is 0 Å². The monoisotopic (exact) mass is 263 g/mol. The minimum Gasteiger partial charge on any atom is -0.340 e. The van der Waals surface area contributed by atoms with Gasteiger partial charge in [-0.2, -0.15) is 0 Å². The van der Waals surface area contributed by atoms with Gasteiger partial charge in [-0.15, -0.1) is 0 Å². The van der Waals surface area contributed by atoms with Gasteiger partial charge < -0.3 is 5.32 Å². The molecule has 0 aromatic heterocycles. The number of halogens is 1. The maximum Gasteiger partial charge on any atom is 0.253 e. The van der Waals surface area contributed by atoms with E-state index in [2.05, 4.69) is 29.5 Å². The van der Waals surface area contributed by atoms with Gasteiger partial charge in [0.25, 0.3) is 5.91 Å². The van der Waals surface area contributed by atoms with E-state index in [9.17, 15) is 9.18 Å². The van der Waals surface area contributed by atoms with Crippen molar-refractivity contribution in [2.45, 2.75) is 26.8 Å². The molecule has 19 heavy (non-hydrogen) atoms. The Morgan fingerprint density at radius 1 is 1.42 bits per heavy atom. The van der Waals surface area contributed by atoms with Gasteiger partial charge in [-0.05, 0) is 36.1 Å². The summed E-state index contributed by atoms with van der Waals surface area (Å²) in [5.41, 5.74) is 1.52. The van der Waals surface area contributed by atoms with Crippen molar-refractivity contribution in [1.29, 1.82) is 0 Å². The van der Waals surface area contributed by atoms with Crippen LogP contribution in [0.15, 0.2) is 23.2 Å². The summed E-state index contributed by atoms with van der Waals surface area (Å²) in [5, 5.41) is 5.75. The summed E-state index contributed by atoms with van der Waals surface area (Å²) in [5.74, 6) is 0.468. The summed E-state index contributed by atoms with van der Waals surface area (Å²) < 4.78 is 13.1. The minimum absolute atomic E-state index is 0.155. The third-order valence-electron chi connectivity index (χ3n) is 2.94. The average Bonchev–Trinajstić information content (AvgIpc) is 2.68. The van der Waals surface area contributed by atoms with Crippen molar-refractivity contribution in [2.75, 3.05) is 6.54 Å². The van der Waals surface area contributed by atoms with Gasteiger partial charge in [0.1, 0.15) is 11.9 Å². The highest BCUT2D eigenvalue weighted by Gasteiger charge is 2.30. The van der Waals surface area contributed by atoms with E-state index in [1.165, 1.54) is 12.1 Å². The first-order valence-corrected chi connectivity index (χ1v) is 6.35. The molecule has 2 N–H and O–H groups in total. The third-order valence-corrected chi connectivity index (χ3v) is 2.94. The molecule has 0 radical (unpaired) electrons. The van der Waals surface area contributed by atoms with Crippen LogP contribution >= 0.6 is 0 Å². The number of amides is 1. The van der Waals surface area contributed by atoms with Crippen LogP contribution in [0.5, 0.6) is 0 Å². The van der Waals surface area contributed by atoms with Crippen LogP contribution in [0.1, 0.15) is 31.0 Å². The number of aryl methyl sites for hydroxylation is 1. The molecule has 2 rings (SSSR count). The number of hydrogen-bond donors (Lipinski definition) is 2. The maximum absolute atomic E-state index is 13.1. The summed E-state index contributed by atoms with van der Waals surface area (Å²) >= 11 is 0. The molecule has 1 amide bonds. The third kappa shape index (κ3) is 3.10. The number of hydrogen-bond acceptors (Lipinski definition) is 2. The van der Waals surface area contributed by atoms with Crippen LogP contribution in [-0.2, 0) is 4.79 Å². The molecule has 1 saturated heterocycles.